The third-order valence-electron chi connectivity index (χ3n) is 11.4. The van der Waals surface area contributed by atoms with Crippen LogP contribution in [0.3, 0.4) is 0 Å². The van der Waals surface area contributed by atoms with E-state index in [1.165, 1.54) is 4.57 Å². The molecule has 0 spiro atoms. The van der Waals surface area contributed by atoms with Gasteiger partial charge in [-0.25, -0.2) is 0 Å². The predicted molar refractivity (Wildman–Crippen MR) is 266 cm³/mol. The van der Waals surface area contributed by atoms with E-state index >= 15 is 0 Å². The third-order valence-corrected chi connectivity index (χ3v) is 11.4. The molecule has 63 heavy (non-hydrogen) atoms. The van der Waals surface area contributed by atoms with Crippen LogP contribution in [-0.4, -0.2) is 13.7 Å². The summed E-state index contributed by atoms with van der Waals surface area (Å²) in [6.07, 6.45) is 0. The lowest BCUT2D eigenvalue weighted by molar-refractivity contribution is 1.14. The lowest BCUT2D eigenvalue weighted by Gasteiger charge is -2.15. The van der Waals surface area contributed by atoms with Crippen LogP contribution in [0.25, 0.3) is 116 Å². The zero-order chi connectivity index (χ0) is 60.6. The molecule has 0 fully saturated rings. The van der Waals surface area contributed by atoms with E-state index in [2.05, 4.69) is 0 Å². The van der Waals surface area contributed by atoms with Crippen LogP contribution < -0.4 is 0 Å². The summed E-state index contributed by atoms with van der Waals surface area (Å²) in [5.74, 6) is 0. The van der Waals surface area contributed by atoms with Gasteiger partial charge in [-0.1, -0.05) is 163 Å². The van der Waals surface area contributed by atoms with Crippen molar-refractivity contribution in [1.29, 1.82) is 0 Å². The zero-order valence-electron chi connectivity index (χ0n) is 54.7. The topological polar surface area (TPSA) is 14.8 Å². The van der Waals surface area contributed by atoms with Gasteiger partial charge in [0.2, 0.25) is 0 Å². The molecule has 294 valence electrons. The maximum absolute atomic E-state index is 10.5. The molecular weight excluding hydrogens is 763 g/mol. The summed E-state index contributed by atoms with van der Waals surface area (Å²) in [6.45, 7) is 0. The van der Waals surface area contributed by atoms with E-state index in [9.17, 15) is 16.4 Å². The minimum absolute atomic E-state index is 0.200. The van der Waals surface area contributed by atoms with Gasteiger partial charge in [-0.15, -0.1) is 0 Å². The van der Waals surface area contributed by atoms with Crippen molar-refractivity contribution in [2.75, 3.05) is 0 Å². The Labute approximate surface area is 395 Å². The highest BCUT2D eigenvalue weighted by atomic mass is 15.0. The van der Waals surface area contributed by atoms with Crippen LogP contribution in [0.4, 0.5) is 0 Å². The number of nitrogens with zero attached hydrogens (tertiary/aromatic N) is 3. The molecule has 0 atom stereocenters. The summed E-state index contributed by atoms with van der Waals surface area (Å²) < 4.78 is 208. The molecule has 0 unspecified atom stereocenters. The van der Waals surface area contributed by atoms with Gasteiger partial charge < -0.3 is 13.7 Å². The van der Waals surface area contributed by atoms with Gasteiger partial charge in [0.1, 0.15) is 0 Å². The maximum Gasteiger partial charge on any atom is 0.0667 e. The number of hydrogen-bond acceptors (Lipinski definition) is 0. The summed E-state index contributed by atoms with van der Waals surface area (Å²) in [5, 5.41) is -2.32. The van der Waals surface area contributed by atoms with Crippen LogP contribution in [0, 0.1) is 0 Å². The Bertz CT molecular complexity index is 5130. The van der Waals surface area contributed by atoms with Crippen molar-refractivity contribution in [2.45, 2.75) is 0 Å². The van der Waals surface area contributed by atoms with E-state index < -0.39 is 188 Å². The van der Waals surface area contributed by atoms with Crippen molar-refractivity contribution < 1.29 is 30.2 Å². The molecule has 3 aromatic heterocycles. The average Bonchev–Trinajstić information content (AvgIpc) is 1.62. The van der Waals surface area contributed by atoms with Gasteiger partial charge in [0.25, 0.3) is 0 Å². The smallest absolute Gasteiger partial charge is 0.0667 e. The lowest BCUT2D eigenvalue weighted by Crippen LogP contribution is -1.99. The quantitative estimate of drug-likeness (QED) is 0.159. The molecule has 13 aromatic rings. The summed E-state index contributed by atoms with van der Waals surface area (Å²) in [4.78, 5) is 0. The molecule has 0 bridgehead atoms. The second-order valence-electron chi connectivity index (χ2n) is 14.9. The Hall–Kier alpha value is -8.40. The van der Waals surface area contributed by atoms with E-state index in [0.29, 0.717) is 11.1 Å². The molecular formula is C60H39N3. The lowest BCUT2D eigenvalue weighted by atomic mass is 9.95. The Balaban J connectivity index is 1.24. The fourth-order valence-corrected chi connectivity index (χ4v) is 8.57. The van der Waals surface area contributed by atoms with Gasteiger partial charge in [-0.3, -0.25) is 0 Å². The minimum atomic E-state index is -0.900. The summed E-state index contributed by atoms with van der Waals surface area (Å²) in [7, 11) is 0. The van der Waals surface area contributed by atoms with Crippen LogP contribution in [-0.2, 0) is 0 Å². The summed E-state index contributed by atoms with van der Waals surface area (Å²) in [6, 6.07) is 15.0. The first-order valence-corrected chi connectivity index (χ1v) is 19.9. The highest BCUT2D eigenvalue weighted by Crippen LogP contribution is 2.41. The second kappa shape index (κ2) is 14.1. The average molecular weight is 824 g/mol. The Morgan fingerprint density at radius 3 is 1.06 bits per heavy atom. The van der Waals surface area contributed by atoms with Crippen LogP contribution in [0.2, 0.25) is 0 Å². The highest BCUT2D eigenvalue weighted by molar-refractivity contribution is 6.13. The number of rotatable bonds is 6. The van der Waals surface area contributed by atoms with Gasteiger partial charge >= 0.3 is 0 Å². The molecule has 0 aliphatic carbocycles. The molecule has 13 rings (SSSR count). The van der Waals surface area contributed by atoms with Crippen molar-refractivity contribution in [3.8, 4) is 50.4 Å². The van der Waals surface area contributed by atoms with Crippen LogP contribution >= 0.6 is 0 Å². The van der Waals surface area contributed by atoms with E-state index in [0.717, 1.165) is 31.4 Å². The number of para-hydroxylation sites is 4. The highest BCUT2D eigenvalue weighted by Gasteiger charge is 2.20. The number of benzene rings is 10. The first-order valence-electron chi connectivity index (χ1n) is 30.9. The van der Waals surface area contributed by atoms with E-state index in [4.69, 9.17) is 13.7 Å². The van der Waals surface area contributed by atoms with Crippen LogP contribution in [0.1, 0.15) is 30.2 Å². The molecule has 0 saturated heterocycles. The van der Waals surface area contributed by atoms with E-state index in [-0.39, 0.29) is 27.5 Å². The minimum Gasteiger partial charge on any atom is -0.309 e. The number of aromatic nitrogens is 3. The summed E-state index contributed by atoms with van der Waals surface area (Å²) in [5.41, 5.74) is 0.641. The molecule has 3 nitrogen and oxygen atoms in total. The van der Waals surface area contributed by atoms with E-state index in [1.54, 1.807) is 12.1 Å². The van der Waals surface area contributed by atoms with E-state index in [1.807, 2.05) is 91.0 Å². The summed E-state index contributed by atoms with van der Waals surface area (Å²) >= 11 is 0. The molecule has 0 radical (unpaired) electrons. The molecule has 10 aromatic carbocycles. The number of fused-ring (bicyclic) bond motifs is 9. The van der Waals surface area contributed by atoms with Crippen molar-refractivity contribution in [2.24, 2.45) is 0 Å². The molecule has 0 amide bonds. The van der Waals surface area contributed by atoms with Gasteiger partial charge in [0.05, 0.1) is 63.3 Å². The molecule has 0 saturated carbocycles. The number of hydrogen-bond donors (Lipinski definition) is 0. The third kappa shape index (κ3) is 5.60. The fraction of sp³-hybridized carbons (Fsp3) is 0. The van der Waals surface area contributed by atoms with Crippen molar-refractivity contribution in [3.05, 3.63) is 236 Å². The zero-order valence-corrected chi connectivity index (χ0v) is 32.7. The molecule has 3 heteroatoms. The van der Waals surface area contributed by atoms with Crippen molar-refractivity contribution in [3.63, 3.8) is 0 Å². The van der Waals surface area contributed by atoms with Crippen LogP contribution in [0.5, 0.6) is 0 Å². The predicted octanol–water partition coefficient (Wildman–Crippen LogP) is 16.0. The van der Waals surface area contributed by atoms with Crippen molar-refractivity contribution >= 4 is 65.4 Å². The Morgan fingerprint density at radius 2 is 0.587 bits per heavy atom. The van der Waals surface area contributed by atoms with Crippen molar-refractivity contribution in [1.82, 2.24) is 13.7 Å². The fourth-order valence-electron chi connectivity index (χ4n) is 8.57. The molecule has 0 aliphatic heterocycles. The monoisotopic (exact) mass is 823 g/mol. The van der Waals surface area contributed by atoms with Gasteiger partial charge in [0.15, 0.2) is 0 Å². The Kier molecular flexibility index (Phi) is 4.47. The second-order valence-corrected chi connectivity index (χ2v) is 14.9. The first-order chi connectivity index (χ1) is 40.4. The normalized spacial score (nSPS) is 16.7. The molecule has 0 N–H and O–H groups in total. The standard InChI is InChI=1S/C60H39N3/c1-3-16-40(17-4-1)42-20-15-21-43(34-42)45-35-44(41-18-5-2-6-19-41)36-48(37-45)63-58-29-14-10-25-52(58)54-33-31-47(39-60(54)63)62-57-28-13-9-24-51(57)53-32-30-46(38-59(53)62)61-55-26-11-7-22-49(55)50-23-8-12-27-56(50)61/h1-39H/i7D,8D,9D,10D,11D,12D,13D,14D,22D,23D,24D,25D,26D,27D,28D,29D,30D,31D,32D,33D,38D,39D. The Morgan fingerprint density at radius 1 is 0.254 bits per heavy atom. The van der Waals surface area contributed by atoms with Gasteiger partial charge in [-0.05, 0) is 106 Å². The van der Waals surface area contributed by atoms with Crippen LogP contribution in [0.15, 0.2) is 236 Å². The van der Waals surface area contributed by atoms with Gasteiger partial charge in [0, 0.05) is 49.4 Å². The largest absolute Gasteiger partial charge is 0.309 e. The maximum atomic E-state index is 10.5. The first kappa shape index (κ1) is 20.0. The molecule has 3 heterocycles. The van der Waals surface area contributed by atoms with Gasteiger partial charge in [-0.2, -0.15) is 0 Å². The SMILES string of the molecule is [2H]c1c([2H])c([2H])c2c(c1[2H])c1c([2H])c([2H])c(-n3c4c([2H])c([2H])c([2H])c([2H])c4c4c([2H])c([2H])c(-n5c6c([2H])c([2H])c([2H])c([2H])c6c6c([2H])c([2H])c([2H])c([2H])c65)c([2H])c43)c([2H])c1n2-c1cc(-c2ccccc2)cc(-c2cccc(-c3ccccc3)c2)c1. The molecule has 0 aliphatic rings.